The van der Waals surface area contributed by atoms with Gasteiger partial charge in [-0.1, -0.05) is 6.92 Å². The van der Waals surface area contributed by atoms with Crippen LogP contribution in [0.25, 0.3) is 5.69 Å². The molecule has 96 valence electrons. The maximum Gasteiger partial charge on any atom is 0.200 e. The minimum absolute atomic E-state index is 0.142. The van der Waals surface area contributed by atoms with Gasteiger partial charge in [0.1, 0.15) is 11.5 Å². The molecule has 1 N–H and O–H groups in total. The van der Waals surface area contributed by atoms with E-state index in [9.17, 15) is 17.6 Å². The average Bonchev–Trinajstić information content (AvgIpc) is 2.69. The van der Waals surface area contributed by atoms with Crippen molar-refractivity contribution in [2.24, 2.45) is 0 Å². The maximum absolute atomic E-state index is 13.6. The van der Waals surface area contributed by atoms with E-state index in [-0.39, 0.29) is 23.1 Å². The molecule has 3 nitrogen and oxygen atoms in total. The minimum Gasteiger partial charge on any atom is -0.266 e. The summed E-state index contributed by atoms with van der Waals surface area (Å²) in [7, 11) is 0. The number of hydrogen-bond acceptors (Lipinski definition) is 2. The molecule has 18 heavy (non-hydrogen) atoms. The quantitative estimate of drug-likeness (QED) is 0.520. The van der Waals surface area contributed by atoms with Crippen LogP contribution in [0.4, 0.5) is 17.6 Å². The lowest BCUT2D eigenvalue weighted by Gasteiger charge is -2.09. The summed E-state index contributed by atoms with van der Waals surface area (Å²) in [6.45, 7) is 1.66. The van der Waals surface area contributed by atoms with E-state index in [2.05, 4.69) is 10.2 Å². The van der Waals surface area contributed by atoms with Crippen LogP contribution >= 0.6 is 12.2 Å². The normalized spacial score (nSPS) is 10.9. The lowest BCUT2D eigenvalue weighted by atomic mass is 10.2. The van der Waals surface area contributed by atoms with Crippen LogP contribution in [0.1, 0.15) is 12.7 Å². The van der Waals surface area contributed by atoms with Crippen molar-refractivity contribution in [3.8, 4) is 5.69 Å². The van der Waals surface area contributed by atoms with Crippen LogP contribution in [0.15, 0.2) is 6.07 Å². The first-order valence-corrected chi connectivity index (χ1v) is 5.37. The van der Waals surface area contributed by atoms with Gasteiger partial charge in [-0.2, -0.15) is 5.10 Å². The number of rotatable bonds is 2. The molecule has 8 heteroatoms. The van der Waals surface area contributed by atoms with Crippen LogP contribution < -0.4 is 0 Å². The smallest absolute Gasteiger partial charge is 0.200 e. The molecule has 2 rings (SSSR count). The summed E-state index contributed by atoms with van der Waals surface area (Å²) in [4.78, 5) is 0. The van der Waals surface area contributed by atoms with Crippen molar-refractivity contribution in [2.45, 2.75) is 13.3 Å². The van der Waals surface area contributed by atoms with Gasteiger partial charge in [0.2, 0.25) is 0 Å². The molecule has 0 aliphatic rings. The molecule has 0 aliphatic carbocycles. The van der Waals surface area contributed by atoms with Gasteiger partial charge in [0.25, 0.3) is 0 Å². The van der Waals surface area contributed by atoms with Gasteiger partial charge in [-0.25, -0.2) is 17.6 Å². The van der Waals surface area contributed by atoms with E-state index < -0.39 is 29.0 Å². The van der Waals surface area contributed by atoms with Crippen LogP contribution in [0.5, 0.6) is 0 Å². The lowest BCUT2D eigenvalue weighted by molar-refractivity contribution is 0.446. The molecule has 0 atom stereocenters. The highest BCUT2D eigenvalue weighted by atomic mass is 32.1. The molecule has 0 aliphatic heterocycles. The maximum atomic E-state index is 13.6. The van der Waals surface area contributed by atoms with E-state index in [0.29, 0.717) is 0 Å². The molecule has 0 saturated heterocycles. The van der Waals surface area contributed by atoms with Gasteiger partial charge in [0.05, 0.1) is 0 Å². The van der Waals surface area contributed by atoms with Crippen molar-refractivity contribution in [1.82, 2.24) is 14.8 Å². The third kappa shape index (κ3) is 1.82. The molecule has 0 spiro atoms. The van der Waals surface area contributed by atoms with Crippen molar-refractivity contribution in [3.63, 3.8) is 0 Å². The summed E-state index contributed by atoms with van der Waals surface area (Å²) in [5, 5.41) is 6.04. The summed E-state index contributed by atoms with van der Waals surface area (Å²) < 4.78 is 54.2. The zero-order chi connectivity index (χ0) is 13.4. The SMILES string of the molecule is CCc1n[nH]c(=S)n1-c1c(F)c(F)cc(F)c1F. The number of aromatic nitrogens is 3. The Balaban J connectivity index is 2.86. The van der Waals surface area contributed by atoms with Gasteiger partial charge in [-0.05, 0) is 12.2 Å². The van der Waals surface area contributed by atoms with Gasteiger partial charge < -0.3 is 0 Å². The summed E-state index contributed by atoms with van der Waals surface area (Å²) in [5.41, 5.74) is -0.900. The predicted molar refractivity (Wildman–Crippen MR) is 58.0 cm³/mol. The monoisotopic (exact) mass is 277 g/mol. The van der Waals surface area contributed by atoms with Crippen LogP contribution in [0, 0.1) is 28.0 Å². The topological polar surface area (TPSA) is 33.6 Å². The van der Waals surface area contributed by atoms with Crippen LogP contribution in [0.2, 0.25) is 0 Å². The van der Waals surface area contributed by atoms with Gasteiger partial charge in [0.15, 0.2) is 28.0 Å². The van der Waals surface area contributed by atoms with Gasteiger partial charge >= 0.3 is 0 Å². The third-order valence-corrected chi connectivity index (χ3v) is 2.64. The second-order valence-corrected chi connectivity index (χ2v) is 3.84. The molecule has 1 aromatic heterocycles. The molecule has 2 aromatic rings. The molecular weight excluding hydrogens is 270 g/mol. The number of aryl methyl sites for hydroxylation is 1. The van der Waals surface area contributed by atoms with Crippen molar-refractivity contribution in [1.29, 1.82) is 0 Å². The van der Waals surface area contributed by atoms with Crippen LogP contribution in [0.3, 0.4) is 0 Å². The molecular formula is C10H7F4N3S. The Bertz CT molecular complexity index is 636. The highest BCUT2D eigenvalue weighted by Gasteiger charge is 2.23. The first kappa shape index (κ1) is 12.7. The fourth-order valence-corrected chi connectivity index (χ4v) is 1.80. The Morgan fingerprint density at radius 1 is 1.22 bits per heavy atom. The Labute approximate surface area is 104 Å². The number of nitrogens with zero attached hydrogens (tertiary/aromatic N) is 2. The summed E-state index contributed by atoms with van der Waals surface area (Å²) >= 11 is 4.79. The van der Waals surface area contributed by atoms with Gasteiger partial charge in [-0.15, -0.1) is 0 Å². The Kier molecular flexibility index (Phi) is 3.20. The Morgan fingerprint density at radius 3 is 2.28 bits per heavy atom. The summed E-state index contributed by atoms with van der Waals surface area (Å²) in [6.07, 6.45) is 0.282. The zero-order valence-corrected chi connectivity index (χ0v) is 9.92. The predicted octanol–water partition coefficient (Wildman–Crippen LogP) is 3.05. The summed E-state index contributed by atoms with van der Waals surface area (Å²) in [5.74, 6) is -5.84. The second kappa shape index (κ2) is 4.52. The van der Waals surface area contributed by atoms with E-state index in [1.165, 1.54) is 0 Å². The van der Waals surface area contributed by atoms with Crippen LogP contribution in [-0.2, 0) is 6.42 Å². The number of benzene rings is 1. The average molecular weight is 277 g/mol. The lowest BCUT2D eigenvalue weighted by Crippen LogP contribution is -2.09. The van der Waals surface area contributed by atoms with E-state index in [0.717, 1.165) is 4.57 Å². The molecule has 0 bridgehead atoms. The molecule has 0 unspecified atom stereocenters. The van der Waals surface area contributed by atoms with E-state index in [4.69, 9.17) is 12.2 Å². The van der Waals surface area contributed by atoms with Crippen molar-refractivity contribution in [2.75, 3.05) is 0 Å². The van der Waals surface area contributed by atoms with Crippen molar-refractivity contribution >= 4 is 12.2 Å². The number of halogens is 4. The summed E-state index contributed by atoms with van der Waals surface area (Å²) in [6, 6.07) is 0.142. The fraction of sp³-hybridized carbons (Fsp3) is 0.200. The van der Waals surface area contributed by atoms with E-state index in [1.54, 1.807) is 6.92 Å². The molecule has 0 saturated carbocycles. The standard InChI is InChI=1S/C10H7F4N3S/c1-2-6-15-16-10(18)17(6)9-7(13)4(11)3-5(12)8(9)14/h3H,2H2,1H3,(H,16,18). The van der Waals surface area contributed by atoms with Crippen LogP contribution in [-0.4, -0.2) is 14.8 Å². The first-order chi connectivity index (χ1) is 8.47. The number of hydrogen-bond donors (Lipinski definition) is 1. The van der Waals surface area contributed by atoms with Crippen molar-refractivity contribution in [3.05, 3.63) is 39.9 Å². The first-order valence-electron chi connectivity index (χ1n) is 4.97. The molecule has 0 fully saturated rings. The van der Waals surface area contributed by atoms with E-state index in [1.807, 2.05) is 0 Å². The number of nitrogens with one attached hydrogen (secondary N) is 1. The zero-order valence-electron chi connectivity index (χ0n) is 9.10. The van der Waals surface area contributed by atoms with Crippen molar-refractivity contribution < 1.29 is 17.6 Å². The van der Waals surface area contributed by atoms with Gasteiger partial charge in [0, 0.05) is 12.5 Å². The Hall–Kier alpha value is -1.70. The van der Waals surface area contributed by atoms with E-state index >= 15 is 0 Å². The Morgan fingerprint density at radius 2 is 1.78 bits per heavy atom. The fourth-order valence-electron chi connectivity index (χ4n) is 1.55. The molecule has 1 heterocycles. The third-order valence-electron chi connectivity index (χ3n) is 2.37. The molecule has 1 aromatic carbocycles. The van der Waals surface area contributed by atoms with Gasteiger partial charge in [-0.3, -0.25) is 9.67 Å². The molecule has 0 amide bonds. The highest BCUT2D eigenvalue weighted by molar-refractivity contribution is 7.71. The number of aromatic amines is 1. The number of H-pyrrole nitrogens is 1. The second-order valence-electron chi connectivity index (χ2n) is 3.45. The molecule has 0 radical (unpaired) electrons. The minimum atomic E-state index is -1.51. The largest absolute Gasteiger partial charge is 0.266 e. The highest BCUT2D eigenvalue weighted by Crippen LogP contribution is 2.24.